The minimum Gasteiger partial charge on any atom is -0.307 e. The van der Waals surface area contributed by atoms with Gasteiger partial charge in [0.2, 0.25) is 0 Å². The monoisotopic (exact) mass is 259 g/mol. The van der Waals surface area contributed by atoms with Crippen molar-refractivity contribution >= 4 is 9.84 Å². The fourth-order valence-electron chi connectivity index (χ4n) is 1.70. The summed E-state index contributed by atoms with van der Waals surface area (Å²) >= 11 is 0. The average molecular weight is 259 g/mol. The molecule has 1 atom stereocenters. The van der Waals surface area contributed by atoms with Crippen molar-refractivity contribution in [1.82, 2.24) is 25.5 Å². The summed E-state index contributed by atoms with van der Waals surface area (Å²) < 4.78 is 24.0. The Hall–Kier alpha value is -1.02. The molecular weight excluding hydrogens is 242 g/mol. The van der Waals surface area contributed by atoms with Crippen LogP contribution in [0.5, 0.6) is 0 Å². The van der Waals surface area contributed by atoms with Crippen molar-refractivity contribution in [3.63, 3.8) is 0 Å². The Morgan fingerprint density at radius 1 is 1.53 bits per heavy atom. The lowest BCUT2D eigenvalue weighted by Gasteiger charge is -2.12. The van der Waals surface area contributed by atoms with Gasteiger partial charge in [-0.15, -0.1) is 5.10 Å². The molecule has 1 aromatic rings. The van der Waals surface area contributed by atoms with Crippen LogP contribution >= 0.6 is 0 Å². The average Bonchev–Trinajstić information content (AvgIpc) is 2.90. The summed E-state index contributed by atoms with van der Waals surface area (Å²) in [7, 11) is -3.02. The predicted molar refractivity (Wildman–Crippen MR) is 62.1 cm³/mol. The van der Waals surface area contributed by atoms with Gasteiger partial charge in [-0.3, -0.25) is 0 Å². The van der Waals surface area contributed by atoms with Crippen molar-refractivity contribution < 1.29 is 8.42 Å². The summed E-state index contributed by atoms with van der Waals surface area (Å²) in [4.78, 5) is 0. The second-order valence-electron chi connectivity index (χ2n) is 4.64. The molecule has 1 aliphatic carbocycles. The highest BCUT2D eigenvalue weighted by Gasteiger charge is 2.22. The van der Waals surface area contributed by atoms with Gasteiger partial charge in [0, 0.05) is 12.3 Å². The minimum absolute atomic E-state index is 0.0501. The normalized spacial score (nSPS) is 18.2. The van der Waals surface area contributed by atoms with Crippen LogP contribution in [0.3, 0.4) is 0 Å². The Morgan fingerprint density at radius 2 is 2.24 bits per heavy atom. The van der Waals surface area contributed by atoms with Gasteiger partial charge in [0.25, 0.3) is 0 Å². The highest BCUT2D eigenvalue weighted by atomic mass is 32.2. The maximum Gasteiger partial charge on any atom is 0.165 e. The van der Waals surface area contributed by atoms with Crippen LogP contribution in [0.4, 0.5) is 0 Å². The lowest BCUT2D eigenvalue weighted by Crippen LogP contribution is -2.24. The van der Waals surface area contributed by atoms with Gasteiger partial charge in [0.1, 0.15) is 9.84 Å². The maximum absolute atomic E-state index is 11.2. The Labute approximate surface area is 101 Å². The Balaban J connectivity index is 2.01. The Kier molecular flexibility index (Phi) is 3.43. The van der Waals surface area contributed by atoms with Gasteiger partial charge in [-0.2, -0.15) is 0 Å². The second-order valence-corrected chi connectivity index (χ2v) is 6.82. The molecule has 1 fully saturated rings. The largest absolute Gasteiger partial charge is 0.307 e. The second kappa shape index (κ2) is 4.69. The SMILES string of the molecule is CC(CS(C)(=O)=O)n1nnnc1CNC1CC1. The van der Waals surface area contributed by atoms with E-state index in [-0.39, 0.29) is 11.8 Å². The standard InChI is InChI=1S/C9H17N5O2S/c1-7(6-17(2,15)16)14-9(11-12-13-14)5-10-8-3-4-8/h7-8,10H,3-6H2,1-2H3. The highest BCUT2D eigenvalue weighted by molar-refractivity contribution is 7.90. The molecule has 8 heteroatoms. The van der Waals surface area contributed by atoms with E-state index in [0.29, 0.717) is 18.4 Å². The minimum atomic E-state index is -3.02. The molecule has 7 nitrogen and oxygen atoms in total. The van der Waals surface area contributed by atoms with Crippen LogP contribution in [0.1, 0.15) is 31.6 Å². The molecule has 0 aliphatic heterocycles. The number of sulfone groups is 1. The van der Waals surface area contributed by atoms with E-state index in [4.69, 9.17) is 0 Å². The molecule has 2 rings (SSSR count). The molecule has 0 spiro atoms. The first kappa shape index (κ1) is 12.4. The smallest absolute Gasteiger partial charge is 0.165 e. The third kappa shape index (κ3) is 3.74. The fourth-order valence-corrected chi connectivity index (χ4v) is 2.72. The van der Waals surface area contributed by atoms with Gasteiger partial charge >= 0.3 is 0 Å². The molecule has 1 N–H and O–H groups in total. The van der Waals surface area contributed by atoms with Crippen molar-refractivity contribution in [1.29, 1.82) is 0 Å². The molecule has 0 radical (unpaired) electrons. The molecule has 0 bridgehead atoms. The summed E-state index contributed by atoms with van der Waals surface area (Å²) in [5.74, 6) is 0.738. The summed E-state index contributed by atoms with van der Waals surface area (Å²) in [5.41, 5.74) is 0. The number of nitrogens with zero attached hydrogens (tertiary/aromatic N) is 4. The first-order valence-corrected chi connectivity index (χ1v) is 7.69. The van der Waals surface area contributed by atoms with E-state index in [1.807, 2.05) is 0 Å². The van der Waals surface area contributed by atoms with Crippen LogP contribution in [0.2, 0.25) is 0 Å². The van der Waals surface area contributed by atoms with E-state index < -0.39 is 9.84 Å². The van der Waals surface area contributed by atoms with Crippen LogP contribution in [0.15, 0.2) is 0 Å². The van der Waals surface area contributed by atoms with Crippen molar-refractivity contribution in [2.24, 2.45) is 0 Å². The molecule has 1 saturated carbocycles. The van der Waals surface area contributed by atoms with Gasteiger partial charge in [0.05, 0.1) is 18.3 Å². The molecule has 0 amide bonds. The molecule has 1 aliphatic rings. The number of aromatic nitrogens is 4. The van der Waals surface area contributed by atoms with Crippen LogP contribution < -0.4 is 5.32 Å². The van der Waals surface area contributed by atoms with Crippen molar-refractivity contribution in [3.8, 4) is 0 Å². The van der Waals surface area contributed by atoms with Crippen LogP contribution in [0.25, 0.3) is 0 Å². The quantitative estimate of drug-likeness (QED) is 0.743. The predicted octanol–water partition coefficient (Wildman–Crippen LogP) is -0.469. The first-order chi connectivity index (χ1) is 7.96. The van der Waals surface area contributed by atoms with Gasteiger partial charge < -0.3 is 5.32 Å². The Morgan fingerprint density at radius 3 is 2.82 bits per heavy atom. The number of rotatable bonds is 6. The molecule has 96 valence electrons. The summed E-state index contributed by atoms with van der Waals surface area (Å²) in [6, 6.07) is 0.335. The summed E-state index contributed by atoms with van der Waals surface area (Å²) in [5, 5.41) is 14.7. The van der Waals surface area contributed by atoms with Crippen molar-refractivity contribution in [3.05, 3.63) is 5.82 Å². The van der Waals surface area contributed by atoms with Gasteiger partial charge in [0.15, 0.2) is 5.82 Å². The summed E-state index contributed by atoms with van der Waals surface area (Å²) in [6.07, 6.45) is 3.61. The van der Waals surface area contributed by atoms with Crippen LogP contribution in [-0.4, -0.2) is 46.7 Å². The van der Waals surface area contributed by atoms with E-state index in [9.17, 15) is 8.42 Å². The van der Waals surface area contributed by atoms with Crippen molar-refractivity contribution in [2.45, 2.75) is 38.4 Å². The van der Waals surface area contributed by atoms with E-state index >= 15 is 0 Å². The molecule has 0 saturated heterocycles. The number of tetrazole rings is 1. The zero-order valence-corrected chi connectivity index (χ0v) is 10.8. The number of nitrogens with one attached hydrogen (secondary N) is 1. The molecule has 0 aromatic carbocycles. The van der Waals surface area contributed by atoms with Crippen LogP contribution in [-0.2, 0) is 16.4 Å². The maximum atomic E-state index is 11.2. The topological polar surface area (TPSA) is 89.8 Å². The highest BCUT2D eigenvalue weighted by Crippen LogP contribution is 2.19. The fraction of sp³-hybridized carbons (Fsp3) is 0.889. The molecule has 1 unspecified atom stereocenters. The zero-order valence-electron chi connectivity index (χ0n) is 10.00. The number of hydrogen-bond acceptors (Lipinski definition) is 6. The molecule has 17 heavy (non-hydrogen) atoms. The van der Waals surface area contributed by atoms with Gasteiger partial charge in [-0.25, -0.2) is 13.1 Å². The van der Waals surface area contributed by atoms with Crippen LogP contribution in [0, 0.1) is 0 Å². The third-order valence-electron chi connectivity index (χ3n) is 2.65. The number of hydrogen-bond donors (Lipinski definition) is 1. The van der Waals surface area contributed by atoms with E-state index in [1.54, 1.807) is 11.6 Å². The zero-order chi connectivity index (χ0) is 12.5. The van der Waals surface area contributed by atoms with Gasteiger partial charge in [-0.1, -0.05) is 0 Å². The van der Waals surface area contributed by atoms with Crippen molar-refractivity contribution in [2.75, 3.05) is 12.0 Å². The first-order valence-electron chi connectivity index (χ1n) is 5.63. The van der Waals surface area contributed by atoms with E-state index in [1.165, 1.54) is 19.1 Å². The van der Waals surface area contributed by atoms with E-state index in [2.05, 4.69) is 20.8 Å². The molecule has 1 aromatic heterocycles. The molecular formula is C9H17N5O2S. The molecule has 1 heterocycles. The lowest BCUT2D eigenvalue weighted by molar-refractivity contribution is 0.476. The van der Waals surface area contributed by atoms with E-state index in [0.717, 1.165) is 0 Å². The lowest BCUT2D eigenvalue weighted by atomic mass is 10.4. The third-order valence-corrected chi connectivity index (χ3v) is 3.74. The summed E-state index contributed by atoms with van der Waals surface area (Å²) in [6.45, 7) is 2.39. The Bertz CT molecular complexity index is 479. The van der Waals surface area contributed by atoms with Gasteiger partial charge in [-0.05, 0) is 30.2 Å².